The van der Waals surface area contributed by atoms with Crippen molar-refractivity contribution >= 4 is 17.7 Å². The predicted molar refractivity (Wildman–Crippen MR) is 107 cm³/mol. The lowest BCUT2D eigenvalue weighted by Crippen LogP contribution is -2.46. The van der Waals surface area contributed by atoms with Gasteiger partial charge in [-0.1, -0.05) is 30.3 Å². The highest BCUT2D eigenvalue weighted by Gasteiger charge is 2.20. The summed E-state index contributed by atoms with van der Waals surface area (Å²) in [6.07, 6.45) is 3.00. The summed E-state index contributed by atoms with van der Waals surface area (Å²) in [6, 6.07) is 16.3. The smallest absolute Gasteiger partial charge is 0.269 e. The molecule has 0 aliphatic carbocycles. The molecular weight excluding hydrogens is 358 g/mol. The standard InChI is InChI=1S/C21H23N3O4/c25-21(11-8-17-6-9-19(10-7-17)24(26)27)22-14-20-16-23(12-13-28-20)15-18-4-2-1-3-5-18/h1-11,20H,12-16H2,(H,22,25)/b11-8+. The molecule has 2 aromatic rings. The van der Waals surface area contributed by atoms with Crippen LogP contribution in [0.3, 0.4) is 0 Å². The molecule has 1 fully saturated rings. The first-order valence-electron chi connectivity index (χ1n) is 9.18. The molecule has 0 radical (unpaired) electrons. The van der Waals surface area contributed by atoms with Crippen LogP contribution >= 0.6 is 0 Å². The van der Waals surface area contributed by atoms with Gasteiger partial charge >= 0.3 is 0 Å². The summed E-state index contributed by atoms with van der Waals surface area (Å²) in [5.74, 6) is -0.220. The number of nitro groups is 1. The number of nitrogens with zero attached hydrogens (tertiary/aromatic N) is 2. The van der Waals surface area contributed by atoms with E-state index < -0.39 is 4.92 Å². The van der Waals surface area contributed by atoms with E-state index in [1.807, 2.05) is 18.2 Å². The van der Waals surface area contributed by atoms with Gasteiger partial charge in [0.15, 0.2) is 0 Å². The zero-order valence-electron chi connectivity index (χ0n) is 15.5. The maximum Gasteiger partial charge on any atom is 0.269 e. The van der Waals surface area contributed by atoms with Gasteiger partial charge in [-0.25, -0.2) is 0 Å². The molecule has 1 atom stereocenters. The molecule has 0 spiro atoms. The molecule has 0 saturated carbocycles. The second kappa shape index (κ2) is 9.77. The molecule has 1 aliphatic heterocycles. The number of hydrogen-bond acceptors (Lipinski definition) is 5. The van der Waals surface area contributed by atoms with E-state index >= 15 is 0 Å². The van der Waals surface area contributed by atoms with Crippen molar-refractivity contribution in [2.75, 3.05) is 26.2 Å². The lowest BCUT2D eigenvalue weighted by molar-refractivity contribution is -0.384. The molecule has 28 heavy (non-hydrogen) atoms. The number of carbonyl (C=O) groups is 1. The van der Waals surface area contributed by atoms with E-state index in [4.69, 9.17) is 4.74 Å². The van der Waals surface area contributed by atoms with Crippen molar-refractivity contribution in [1.82, 2.24) is 10.2 Å². The second-order valence-electron chi connectivity index (χ2n) is 6.64. The lowest BCUT2D eigenvalue weighted by atomic mass is 10.2. The van der Waals surface area contributed by atoms with Gasteiger partial charge in [-0.2, -0.15) is 0 Å². The van der Waals surface area contributed by atoms with Crippen LogP contribution in [-0.2, 0) is 16.1 Å². The van der Waals surface area contributed by atoms with Crippen molar-refractivity contribution in [2.24, 2.45) is 0 Å². The zero-order chi connectivity index (χ0) is 19.8. The Kier molecular flexibility index (Phi) is 6.89. The highest BCUT2D eigenvalue weighted by molar-refractivity contribution is 5.91. The fourth-order valence-corrected chi connectivity index (χ4v) is 3.04. The van der Waals surface area contributed by atoms with Crippen LogP contribution in [-0.4, -0.2) is 48.1 Å². The van der Waals surface area contributed by atoms with Crippen molar-refractivity contribution in [1.29, 1.82) is 0 Å². The second-order valence-corrected chi connectivity index (χ2v) is 6.64. The van der Waals surface area contributed by atoms with Crippen LogP contribution in [0.2, 0.25) is 0 Å². The maximum atomic E-state index is 12.0. The van der Waals surface area contributed by atoms with Gasteiger partial charge in [-0.15, -0.1) is 0 Å². The first-order valence-corrected chi connectivity index (χ1v) is 9.18. The van der Waals surface area contributed by atoms with E-state index in [9.17, 15) is 14.9 Å². The average Bonchev–Trinajstić information content (AvgIpc) is 2.72. The summed E-state index contributed by atoms with van der Waals surface area (Å²) in [5.41, 5.74) is 2.01. The van der Waals surface area contributed by atoms with E-state index in [1.54, 1.807) is 18.2 Å². The minimum atomic E-state index is -0.453. The molecule has 1 unspecified atom stereocenters. The van der Waals surface area contributed by atoms with Crippen LogP contribution < -0.4 is 5.32 Å². The minimum Gasteiger partial charge on any atom is -0.374 e. The third kappa shape index (κ3) is 6.00. The normalized spacial score (nSPS) is 17.5. The van der Waals surface area contributed by atoms with Crippen molar-refractivity contribution < 1.29 is 14.5 Å². The number of hydrogen-bond donors (Lipinski definition) is 1. The molecule has 7 nitrogen and oxygen atoms in total. The largest absolute Gasteiger partial charge is 0.374 e. The fraction of sp³-hybridized carbons (Fsp3) is 0.286. The quantitative estimate of drug-likeness (QED) is 0.453. The van der Waals surface area contributed by atoms with E-state index in [0.717, 1.165) is 25.2 Å². The van der Waals surface area contributed by atoms with Gasteiger partial charge in [-0.3, -0.25) is 19.8 Å². The van der Waals surface area contributed by atoms with Crippen molar-refractivity contribution in [3.63, 3.8) is 0 Å². The topological polar surface area (TPSA) is 84.7 Å². The zero-order valence-corrected chi connectivity index (χ0v) is 15.5. The van der Waals surface area contributed by atoms with Crippen LogP contribution in [0, 0.1) is 10.1 Å². The Balaban J connectivity index is 1.44. The van der Waals surface area contributed by atoms with Crippen LogP contribution in [0.4, 0.5) is 5.69 Å². The van der Waals surface area contributed by atoms with Gasteiger partial charge in [0.25, 0.3) is 5.69 Å². The highest BCUT2D eigenvalue weighted by atomic mass is 16.6. The number of non-ortho nitro benzene ring substituents is 1. The van der Waals surface area contributed by atoms with E-state index in [-0.39, 0.29) is 17.7 Å². The first-order chi connectivity index (χ1) is 13.6. The molecule has 146 valence electrons. The molecule has 2 aromatic carbocycles. The molecule has 3 rings (SSSR count). The SMILES string of the molecule is O=C(/C=C/c1ccc([N+](=O)[O-])cc1)NCC1CN(Cc2ccccc2)CCO1. The number of benzene rings is 2. The Bertz CT molecular complexity index is 821. The van der Waals surface area contributed by atoms with Gasteiger partial charge in [0.1, 0.15) is 0 Å². The molecule has 1 N–H and O–H groups in total. The van der Waals surface area contributed by atoms with E-state index in [0.29, 0.717) is 13.2 Å². The van der Waals surface area contributed by atoms with Gasteiger partial charge in [0.2, 0.25) is 5.91 Å². The molecule has 1 amide bonds. The Hall–Kier alpha value is -3.03. The Morgan fingerprint density at radius 1 is 1.21 bits per heavy atom. The van der Waals surface area contributed by atoms with E-state index in [1.165, 1.54) is 23.8 Å². The Labute approximate surface area is 163 Å². The highest BCUT2D eigenvalue weighted by Crippen LogP contribution is 2.13. The molecular formula is C21H23N3O4. The summed E-state index contributed by atoms with van der Waals surface area (Å²) >= 11 is 0. The number of carbonyl (C=O) groups excluding carboxylic acids is 1. The summed E-state index contributed by atoms with van der Waals surface area (Å²) < 4.78 is 5.75. The monoisotopic (exact) mass is 381 g/mol. The Morgan fingerprint density at radius 3 is 2.68 bits per heavy atom. The van der Waals surface area contributed by atoms with Gasteiger partial charge < -0.3 is 10.1 Å². The van der Waals surface area contributed by atoms with Gasteiger partial charge in [0, 0.05) is 44.4 Å². The number of nitro benzene ring substituents is 1. The summed E-state index contributed by atoms with van der Waals surface area (Å²) in [5, 5.41) is 13.5. The number of ether oxygens (including phenoxy) is 1. The maximum absolute atomic E-state index is 12.0. The molecule has 1 heterocycles. The lowest BCUT2D eigenvalue weighted by Gasteiger charge is -2.33. The molecule has 0 aromatic heterocycles. The molecule has 7 heteroatoms. The fourth-order valence-electron chi connectivity index (χ4n) is 3.04. The number of rotatable bonds is 7. The van der Waals surface area contributed by atoms with Gasteiger partial charge in [0.05, 0.1) is 17.6 Å². The number of morpholine rings is 1. The molecule has 1 aliphatic rings. The summed E-state index contributed by atoms with van der Waals surface area (Å²) in [6.45, 7) is 3.59. The molecule has 1 saturated heterocycles. The van der Waals surface area contributed by atoms with Crippen LogP contribution in [0.1, 0.15) is 11.1 Å². The third-order valence-electron chi connectivity index (χ3n) is 4.51. The third-order valence-corrected chi connectivity index (χ3v) is 4.51. The first kappa shape index (κ1) is 19.7. The molecule has 0 bridgehead atoms. The Morgan fingerprint density at radius 2 is 1.96 bits per heavy atom. The van der Waals surface area contributed by atoms with Crippen molar-refractivity contribution in [2.45, 2.75) is 12.6 Å². The summed E-state index contributed by atoms with van der Waals surface area (Å²) in [7, 11) is 0. The van der Waals surface area contributed by atoms with Crippen LogP contribution in [0.25, 0.3) is 6.08 Å². The average molecular weight is 381 g/mol. The minimum absolute atomic E-state index is 0.0242. The van der Waals surface area contributed by atoms with Gasteiger partial charge in [-0.05, 0) is 29.3 Å². The van der Waals surface area contributed by atoms with Crippen molar-refractivity contribution in [3.05, 3.63) is 81.9 Å². The summed E-state index contributed by atoms with van der Waals surface area (Å²) in [4.78, 5) is 24.5. The number of nitrogens with one attached hydrogen (secondary N) is 1. The number of amides is 1. The van der Waals surface area contributed by atoms with Crippen molar-refractivity contribution in [3.8, 4) is 0 Å². The van der Waals surface area contributed by atoms with Crippen LogP contribution in [0.15, 0.2) is 60.7 Å². The van der Waals surface area contributed by atoms with E-state index in [2.05, 4.69) is 22.3 Å². The van der Waals surface area contributed by atoms with Crippen LogP contribution in [0.5, 0.6) is 0 Å². The predicted octanol–water partition coefficient (Wildman–Crippen LogP) is 2.63.